The molecule has 0 spiro atoms. The molecule has 2 rings (SSSR count). The van der Waals surface area contributed by atoms with Crippen LogP contribution in [0.15, 0.2) is 11.1 Å². The van der Waals surface area contributed by atoms with Gasteiger partial charge in [-0.3, -0.25) is 14.2 Å². The van der Waals surface area contributed by atoms with Gasteiger partial charge in [-0.2, -0.15) is 5.26 Å². The van der Waals surface area contributed by atoms with Gasteiger partial charge in [-0.05, 0) is 32.3 Å². The lowest BCUT2D eigenvalue weighted by Gasteiger charge is -2.27. The van der Waals surface area contributed by atoms with E-state index in [-0.39, 0.29) is 23.9 Å². The molecule has 0 saturated carbocycles. The standard InChI is InChI=1S/C16H20N4O2S/c1-9(2)16(5,7-17)19-12(21)6-20-8-18-14-13(15(20)22)10(3)11(4)23-14/h8-9H,6H2,1-5H3,(H,19,21). The molecule has 0 aromatic carbocycles. The number of hydrogen-bond donors (Lipinski definition) is 1. The van der Waals surface area contributed by atoms with Crippen LogP contribution in [-0.4, -0.2) is 21.0 Å². The summed E-state index contributed by atoms with van der Waals surface area (Å²) in [4.78, 5) is 30.8. The van der Waals surface area contributed by atoms with Gasteiger partial charge in [0, 0.05) is 4.88 Å². The number of aromatic nitrogens is 2. The predicted octanol–water partition coefficient (Wildman–Crippen LogP) is 2.13. The molecule has 1 amide bonds. The summed E-state index contributed by atoms with van der Waals surface area (Å²) in [5.41, 5.74) is -0.288. The molecule has 1 atom stereocenters. The zero-order chi connectivity index (χ0) is 17.4. The third kappa shape index (κ3) is 3.13. The van der Waals surface area contributed by atoms with Crippen molar-refractivity contribution in [3.05, 3.63) is 27.1 Å². The minimum atomic E-state index is -0.965. The highest BCUT2D eigenvalue weighted by Crippen LogP contribution is 2.25. The van der Waals surface area contributed by atoms with Crippen molar-refractivity contribution in [2.24, 2.45) is 5.92 Å². The Labute approximate surface area is 138 Å². The second-order valence-corrected chi connectivity index (χ2v) is 7.36. The SMILES string of the molecule is Cc1sc2ncn(CC(=O)NC(C)(C#N)C(C)C)c(=O)c2c1C. The van der Waals surface area contributed by atoms with E-state index >= 15 is 0 Å². The average molecular weight is 332 g/mol. The molecule has 1 unspecified atom stereocenters. The Hall–Kier alpha value is -2.20. The molecule has 0 aliphatic rings. The number of rotatable bonds is 4. The molecule has 0 aliphatic carbocycles. The topological polar surface area (TPSA) is 87.8 Å². The molecule has 2 aromatic heterocycles. The van der Waals surface area contributed by atoms with Crippen LogP contribution in [-0.2, 0) is 11.3 Å². The van der Waals surface area contributed by atoms with E-state index in [1.807, 2.05) is 27.7 Å². The molecule has 6 nitrogen and oxygen atoms in total. The van der Waals surface area contributed by atoms with E-state index in [2.05, 4.69) is 16.4 Å². The maximum atomic E-state index is 12.6. The Balaban J connectivity index is 2.31. The molecule has 0 aliphatic heterocycles. The Bertz CT molecular complexity index is 859. The van der Waals surface area contributed by atoms with Gasteiger partial charge in [-0.25, -0.2) is 4.98 Å². The normalized spacial score (nSPS) is 13.8. The van der Waals surface area contributed by atoms with Gasteiger partial charge in [0.15, 0.2) is 0 Å². The van der Waals surface area contributed by atoms with E-state index in [9.17, 15) is 14.9 Å². The Kier molecular flexibility index (Phi) is 4.57. The molecule has 1 N–H and O–H groups in total. The summed E-state index contributed by atoms with van der Waals surface area (Å²) in [5, 5.41) is 12.5. The summed E-state index contributed by atoms with van der Waals surface area (Å²) >= 11 is 1.47. The highest BCUT2D eigenvalue weighted by atomic mass is 32.1. The van der Waals surface area contributed by atoms with Crippen LogP contribution < -0.4 is 10.9 Å². The van der Waals surface area contributed by atoms with E-state index in [0.717, 1.165) is 10.4 Å². The molecule has 2 heterocycles. The number of amides is 1. The predicted molar refractivity (Wildman–Crippen MR) is 90.4 cm³/mol. The van der Waals surface area contributed by atoms with Crippen molar-refractivity contribution >= 4 is 27.5 Å². The van der Waals surface area contributed by atoms with Gasteiger partial charge in [-0.15, -0.1) is 11.3 Å². The Morgan fingerprint density at radius 1 is 1.52 bits per heavy atom. The van der Waals surface area contributed by atoms with E-state index in [1.54, 1.807) is 6.92 Å². The number of nitrogens with zero attached hydrogens (tertiary/aromatic N) is 3. The van der Waals surface area contributed by atoms with E-state index in [1.165, 1.54) is 22.2 Å². The average Bonchev–Trinajstić information content (AvgIpc) is 2.77. The van der Waals surface area contributed by atoms with Crippen LogP contribution >= 0.6 is 11.3 Å². The molecular weight excluding hydrogens is 312 g/mol. The quantitative estimate of drug-likeness (QED) is 0.929. The first-order valence-electron chi connectivity index (χ1n) is 7.37. The van der Waals surface area contributed by atoms with E-state index < -0.39 is 5.54 Å². The summed E-state index contributed by atoms with van der Waals surface area (Å²) in [6.07, 6.45) is 1.39. The molecule has 7 heteroatoms. The van der Waals surface area contributed by atoms with Crippen LogP contribution in [0.25, 0.3) is 10.2 Å². The van der Waals surface area contributed by atoms with Crippen LogP contribution in [0.4, 0.5) is 0 Å². The monoisotopic (exact) mass is 332 g/mol. The fraction of sp³-hybridized carbons (Fsp3) is 0.500. The highest BCUT2D eigenvalue weighted by Gasteiger charge is 2.30. The fourth-order valence-electron chi connectivity index (χ4n) is 2.17. The van der Waals surface area contributed by atoms with Crippen molar-refractivity contribution in [1.29, 1.82) is 5.26 Å². The molecular formula is C16H20N4O2S. The van der Waals surface area contributed by atoms with Gasteiger partial charge in [0.25, 0.3) is 5.56 Å². The largest absolute Gasteiger partial charge is 0.336 e. The van der Waals surface area contributed by atoms with Gasteiger partial charge >= 0.3 is 0 Å². The van der Waals surface area contributed by atoms with Gasteiger partial charge in [-0.1, -0.05) is 13.8 Å². The van der Waals surface area contributed by atoms with Crippen LogP contribution in [0, 0.1) is 31.1 Å². The van der Waals surface area contributed by atoms with Crippen molar-refractivity contribution in [2.45, 2.75) is 46.7 Å². The Morgan fingerprint density at radius 3 is 2.74 bits per heavy atom. The number of carbonyl (C=O) groups is 1. The summed E-state index contributed by atoms with van der Waals surface area (Å²) in [5.74, 6) is -0.425. The number of carbonyl (C=O) groups excluding carboxylic acids is 1. The third-order valence-corrected chi connectivity index (χ3v) is 5.37. The lowest BCUT2D eigenvalue weighted by atomic mass is 9.90. The second kappa shape index (κ2) is 6.13. The minimum absolute atomic E-state index is 0.0458. The van der Waals surface area contributed by atoms with Gasteiger partial charge in [0.1, 0.15) is 16.9 Å². The van der Waals surface area contributed by atoms with Gasteiger partial charge in [0.2, 0.25) is 5.91 Å². The minimum Gasteiger partial charge on any atom is -0.336 e. The maximum Gasteiger partial charge on any atom is 0.262 e. The van der Waals surface area contributed by atoms with Gasteiger partial charge < -0.3 is 5.32 Å². The first kappa shape index (κ1) is 17.2. The number of fused-ring (bicyclic) bond motifs is 1. The van der Waals surface area contributed by atoms with Crippen molar-refractivity contribution in [3.8, 4) is 6.07 Å². The van der Waals surface area contributed by atoms with E-state index in [4.69, 9.17) is 0 Å². The molecule has 2 aromatic rings. The Morgan fingerprint density at radius 2 is 2.17 bits per heavy atom. The number of hydrogen-bond acceptors (Lipinski definition) is 5. The smallest absolute Gasteiger partial charge is 0.262 e. The first-order chi connectivity index (χ1) is 10.7. The molecule has 122 valence electrons. The van der Waals surface area contributed by atoms with Crippen LogP contribution in [0.5, 0.6) is 0 Å². The van der Waals surface area contributed by atoms with Crippen LogP contribution in [0.2, 0.25) is 0 Å². The zero-order valence-corrected chi connectivity index (χ0v) is 14.7. The van der Waals surface area contributed by atoms with Crippen molar-refractivity contribution in [2.75, 3.05) is 0 Å². The van der Waals surface area contributed by atoms with Crippen molar-refractivity contribution in [1.82, 2.24) is 14.9 Å². The molecule has 0 bridgehead atoms. The number of thiophene rings is 1. The molecule has 0 fully saturated rings. The fourth-order valence-corrected chi connectivity index (χ4v) is 3.16. The van der Waals surface area contributed by atoms with Crippen molar-refractivity contribution < 1.29 is 4.79 Å². The maximum absolute atomic E-state index is 12.6. The number of aryl methyl sites for hydroxylation is 2. The number of nitriles is 1. The second-order valence-electron chi connectivity index (χ2n) is 6.16. The molecule has 0 saturated heterocycles. The lowest BCUT2D eigenvalue weighted by molar-refractivity contribution is -0.123. The molecule has 0 radical (unpaired) electrons. The summed E-state index contributed by atoms with van der Waals surface area (Å²) < 4.78 is 1.29. The van der Waals surface area contributed by atoms with Crippen LogP contribution in [0.3, 0.4) is 0 Å². The van der Waals surface area contributed by atoms with Crippen LogP contribution in [0.1, 0.15) is 31.2 Å². The van der Waals surface area contributed by atoms with E-state index in [0.29, 0.717) is 10.2 Å². The molecule has 23 heavy (non-hydrogen) atoms. The lowest BCUT2D eigenvalue weighted by Crippen LogP contribution is -2.50. The van der Waals surface area contributed by atoms with Crippen molar-refractivity contribution in [3.63, 3.8) is 0 Å². The third-order valence-electron chi connectivity index (χ3n) is 4.26. The summed E-state index contributed by atoms with van der Waals surface area (Å²) in [7, 11) is 0. The highest BCUT2D eigenvalue weighted by molar-refractivity contribution is 7.18. The zero-order valence-electron chi connectivity index (χ0n) is 13.9. The number of nitrogens with one attached hydrogen (secondary N) is 1. The first-order valence-corrected chi connectivity index (χ1v) is 8.18. The summed E-state index contributed by atoms with van der Waals surface area (Å²) in [6.45, 7) is 9.07. The van der Waals surface area contributed by atoms with Gasteiger partial charge in [0.05, 0.1) is 17.8 Å². The summed E-state index contributed by atoms with van der Waals surface area (Å²) in [6, 6.07) is 2.12.